The van der Waals surface area contributed by atoms with Crippen molar-refractivity contribution < 1.29 is 9.59 Å². The van der Waals surface area contributed by atoms with Crippen LogP contribution in [0.15, 0.2) is 0 Å². The first-order valence-corrected chi connectivity index (χ1v) is 6.10. The Bertz CT molecular complexity index is 257. The monoisotopic (exact) mass is 270 g/mol. The first-order valence-electron chi connectivity index (χ1n) is 4.97. The molecule has 86 valence electrons. The molecule has 0 heterocycles. The second kappa shape index (κ2) is 5.51. The molecule has 1 aliphatic rings. The van der Waals surface area contributed by atoms with E-state index in [0.717, 1.165) is 25.7 Å². The maximum atomic E-state index is 10.8. The Labute approximate surface area is 104 Å². The molecule has 0 N–H and O–H groups in total. The number of carbonyl (C=O) groups excluding carboxylic acids is 2. The summed E-state index contributed by atoms with van der Waals surface area (Å²) in [4.78, 5) is 21.0. The summed E-state index contributed by atoms with van der Waals surface area (Å²) in [5, 5.41) is -0.688. The largest absolute Gasteiger partial charge is 0.281 e. The molecule has 0 aromatic carbocycles. The summed E-state index contributed by atoms with van der Waals surface area (Å²) in [5.74, 6) is 0.312. The molecule has 15 heavy (non-hydrogen) atoms. The van der Waals surface area contributed by atoms with Crippen LogP contribution in [0.5, 0.6) is 0 Å². The third-order valence-electron chi connectivity index (χ3n) is 2.91. The van der Waals surface area contributed by atoms with E-state index in [2.05, 4.69) is 0 Å². The van der Waals surface area contributed by atoms with Crippen molar-refractivity contribution in [2.75, 3.05) is 0 Å². The lowest BCUT2D eigenvalue weighted by Gasteiger charge is -2.33. The molecule has 0 bridgehead atoms. The minimum atomic E-state index is -0.495. The Hall–Kier alpha value is 0.210. The Kier molecular flexibility index (Phi) is 4.88. The van der Waals surface area contributed by atoms with Gasteiger partial charge in [-0.2, -0.15) is 0 Å². The summed E-state index contributed by atoms with van der Waals surface area (Å²) in [7, 11) is 0. The standard InChI is InChI=1S/C10H13Cl3O2/c11-8(14)5-7-1-3-10(13,4-2-7)6-9(12)15/h7H,1-6H2. The van der Waals surface area contributed by atoms with E-state index in [4.69, 9.17) is 34.8 Å². The summed E-state index contributed by atoms with van der Waals surface area (Å²) >= 11 is 16.9. The molecule has 0 radical (unpaired) electrons. The van der Waals surface area contributed by atoms with Crippen LogP contribution in [0.4, 0.5) is 0 Å². The summed E-state index contributed by atoms with van der Waals surface area (Å²) in [6.07, 6.45) is 3.74. The molecule has 1 aliphatic carbocycles. The highest BCUT2D eigenvalue weighted by molar-refractivity contribution is 6.64. The van der Waals surface area contributed by atoms with E-state index in [-0.39, 0.29) is 11.7 Å². The normalized spacial score (nSPS) is 31.3. The van der Waals surface area contributed by atoms with Crippen molar-refractivity contribution >= 4 is 45.3 Å². The van der Waals surface area contributed by atoms with Crippen LogP contribution in [-0.4, -0.2) is 15.4 Å². The van der Waals surface area contributed by atoms with E-state index in [9.17, 15) is 9.59 Å². The van der Waals surface area contributed by atoms with Crippen LogP contribution in [0.25, 0.3) is 0 Å². The summed E-state index contributed by atoms with van der Waals surface area (Å²) in [6.45, 7) is 0. The fraction of sp³-hybridized carbons (Fsp3) is 0.800. The molecule has 2 nitrogen and oxygen atoms in total. The first-order chi connectivity index (χ1) is 6.91. The van der Waals surface area contributed by atoms with Gasteiger partial charge in [-0.25, -0.2) is 0 Å². The van der Waals surface area contributed by atoms with Gasteiger partial charge in [0.25, 0.3) is 0 Å². The summed E-state index contributed by atoms with van der Waals surface area (Å²) < 4.78 is 0. The van der Waals surface area contributed by atoms with Crippen LogP contribution in [0, 0.1) is 5.92 Å². The zero-order valence-corrected chi connectivity index (χ0v) is 10.5. The predicted molar refractivity (Wildman–Crippen MR) is 61.5 cm³/mol. The molecule has 0 aromatic rings. The van der Waals surface area contributed by atoms with Crippen molar-refractivity contribution in [2.24, 2.45) is 5.92 Å². The van der Waals surface area contributed by atoms with Crippen LogP contribution >= 0.6 is 34.8 Å². The maximum Gasteiger partial charge on any atom is 0.223 e. The predicted octanol–water partition coefficient (Wildman–Crippen LogP) is 3.47. The van der Waals surface area contributed by atoms with Crippen molar-refractivity contribution in [1.29, 1.82) is 0 Å². The molecule has 1 rings (SSSR count). The van der Waals surface area contributed by atoms with Crippen LogP contribution in [0.1, 0.15) is 38.5 Å². The Morgan fingerprint density at radius 1 is 1.13 bits per heavy atom. The second-order valence-corrected chi connectivity index (χ2v) is 5.83. The zero-order chi connectivity index (χ0) is 11.5. The van der Waals surface area contributed by atoms with Crippen molar-refractivity contribution in [1.82, 2.24) is 0 Å². The molecular formula is C10H13Cl3O2. The number of alkyl halides is 1. The molecular weight excluding hydrogens is 258 g/mol. The highest BCUT2D eigenvalue weighted by atomic mass is 35.5. The van der Waals surface area contributed by atoms with Crippen LogP contribution in [-0.2, 0) is 9.59 Å². The second-order valence-electron chi connectivity index (χ2n) is 4.19. The van der Waals surface area contributed by atoms with E-state index >= 15 is 0 Å². The average molecular weight is 272 g/mol. The molecule has 1 saturated carbocycles. The minimum Gasteiger partial charge on any atom is -0.281 e. The van der Waals surface area contributed by atoms with Crippen molar-refractivity contribution in [3.8, 4) is 0 Å². The number of rotatable bonds is 4. The summed E-state index contributed by atoms with van der Waals surface area (Å²) in [6, 6.07) is 0. The van der Waals surface area contributed by atoms with Gasteiger partial charge >= 0.3 is 0 Å². The molecule has 0 amide bonds. The van der Waals surface area contributed by atoms with Gasteiger partial charge in [0.15, 0.2) is 0 Å². The third-order valence-corrected chi connectivity index (χ3v) is 3.71. The molecule has 0 unspecified atom stereocenters. The Morgan fingerprint density at radius 3 is 2.07 bits per heavy atom. The maximum absolute atomic E-state index is 10.8. The SMILES string of the molecule is O=C(Cl)CC1CCC(Cl)(CC(=O)Cl)CC1. The fourth-order valence-electron chi connectivity index (χ4n) is 2.05. The molecule has 1 fully saturated rings. The van der Waals surface area contributed by atoms with Gasteiger partial charge in [0, 0.05) is 12.8 Å². The molecule has 0 saturated heterocycles. The van der Waals surface area contributed by atoms with Gasteiger partial charge < -0.3 is 0 Å². The topological polar surface area (TPSA) is 34.1 Å². The lowest BCUT2D eigenvalue weighted by Crippen LogP contribution is -2.30. The molecule has 0 atom stereocenters. The Balaban J connectivity index is 2.40. The molecule has 0 aliphatic heterocycles. The van der Waals surface area contributed by atoms with E-state index in [1.807, 2.05) is 0 Å². The fourth-order valence-corrected chi connectivity index (χ4v) is 2.93. The zero-order valence-electron chi connectivity index (χ0n) is 8.27. The van der Waals surface area contributed by atoms with E-state index in [1.165, 1.54) is 0 Å². The number of halogens is 3. The smallest absolute Gasteiger partial charge is 0.223 e. The minimum absolute atomic E-state index is 0.206. The number of hydrogen-bond donors (Lipinski definition) is 0. The van der Waals surface area contributed by atoms with Gasteiger partial charge in [-0.3, -0.25) is 9.59 Å². The van der Waals surface area contributed by atoms with Gasteiger partial charge in [-0.1, -0.05) is 0 Å². The number of hydrogen-bond acceptors (Lipinski definition) is 2. The summed E-state index contributed by atoms with van der Waals surface area (Å²) in [5.41, 5.74) is 0. The van der Waals surface area contributed by atoms with Gasteiger partial charge in [-0.15, -0.1) is 11.6 Å². The molecule has 5 heteroatoms. The molecule has 0 spiro atoms. The van der Waals surface area contributed by atoms with E-state index in [0.29, 0.717) is 12.3 Å². The lowest BCUT2D eigenvalue weighted by molar-refractivity contribution is -0.114. The molecule has 0 aromatic heterocycles. The highest BCUT2D eigenvalue weighted by Gasteiger charge is 2.35. The third kappa shape index (κ3) is 4.71. The van der Waals surface area contributed by atoms with Gasteiger partial charge in [0.2, 0.25) is 10.5 Å². The van der Waals surface area contributed by atoms with Crippen molar-refractivity contribution in [3.05, 3.63) is 0 Å². The van der Waals surface area contributed by atoms with Gasteiger partial charge in [-0.05, 0) is 54.8 Å². The average Bonchev–Trinajstić information content (AvgIpc) is 2.07. The van der Waals surface area contributed by atoms with E-state index < -0.39 is 10.1 Å². The Morgan fingerprint density at radius 2 is 1.67 bits per heavy atom. The lowest BCUT2D eigenvalue weighted by atomic mass is 9.79. The first kappa shape index (κ1) is 13.3. The number of carbonyl (C=O) groups is 2. The van der Waals surface area contributed by atoms with Crippen molar-refractivity contribution in [3.63, 3.8) is 0 Å². The highest BCUT2D eigenvalue weighted by Crippen LogP contribution is 2.41. The van der Waals surface area contributed by atoms with Gasteiger partial charge in [0.1, 0.15) is 0 Å². The van der Waals surface area contributed by atoms with E-state index in [1.54, 1.807) is 0 Å². The van der Waals surface area contributed by atoms with Gasteiger partial charge in [0.05, 0.1) is 4.87 Å². The quantitative estimate of drug-likeness (QED) is 0.579. The van der Waals surface area contributed by atoms with Crippen LogP contribution in [0.3, 0.4) is 0 Å². The van der Waals surface area contributed by atoms with Crippen LogP contribution < -0.4 is 0 Å². The van der Waals surface area contributed by atoms with Crippen LogP contribution in [0.2, 0.25) is 0 Å². The van der Waals surface area contributed by atoms with Crippen molar-refractivity contribution in [2.45, 2.75) is 43.4 Å².